The van der Waals surface area contributed by atoms with Gasteiger partial charge in [-0.1, -0.05) is 10.3 Å². The number of carboxylic acid groups (broad SMARTS) is 1. The van der Waals surface area contributed by atoms with E-state index in [9.17, 15) is 4.79 Å². The lowest BCUT2D eigenvalue weighted by atomic mass is 10.1. The van der Waals surface area contributed by atoms with Crippen molar-refractivity contribution in [3.05, 3.63) is 36.2 Å². The molecule has 3 aromatic rings. The van der Waals surface area contributed by atoms with Gasteiger partial charge in [-0.05, 0) is 18.2 Å². The summed E-state index contributed by atoms with van der Waals surface area (Å²) in [5, 5.41) is 16.9. The smallest absolute Gasteiger partial charge is 0.374 e. The van der Waals surface area contributed by atoms with Crippen LogP contribution in [-0.4, -0.2) is 21.4 Å². The zero-order chi connectivity index (χ0) is 11.8. The van der Waals surface area contributed by atoms with E-state index in [1.54, 1.807) is 24.4 Å². The summed E-state index contributed by atoms with van der Waals surface area (Å²) >= 11 is 0. The molecule has 6 heteroatoms. The maximum absolute atomic E-state index is 10.7. The minimum atomic E-state index is -1.14. The maximum Gasteiger partial charge on any atom is 0.374 e. The highest BCUT2D eigenvalue weighted by Gasteiger charge is 2.12. The van der Waals surface area contributed by atoms with E-state index in [0.29, 0.717) is 11.3 Å². The Hall–Kier alpha value is -2.63. The molecule has 84 valence electrons. The van der Waals surface area contributed by atoms with Crippen LogP contribution in [0.2, 0.25) is 0 Å². The van der Waals surface area contributed by atoms with Gasteiger partial charge in [0.15, 0.2) is 5.58 Å². The molecule has 1 aromatic carbocycles. The van der Waals surface area contributed by atoms with Crippen molar-refractivity contribution < 1.29 is 18.9 Å². The first-order valence-electron chi connectivity index (χ1n) is 4.79. The topological polar surface area (TPSA) is 89.4 Å². The lowest BCUT2D eigenvalue weighted by Crippen LogP contribution is -1.91. The standard InChI is InChI=1S/C11H6N2O4/c14-11(15)10-4-8(13-17-10)6-1-2-9-7(3-6)5-12-16-9/h1-5H,(H,14,15). The van der Waals surface area contributed by atoms with Crippen LogP contribution in [0.15, 0.2) is 39.5 Å². The fourth-order valence-electron chi connectivity index (χ4n) is 1.54. The average Bonchev–Trinajstić information content (AvgIpc) is 2.97. The molecule has 1 N–H and O–H groups in total. The van der Waals surface area contributed by atoms with Gasteiger partial charge in [0.05, 0.1) is 6.20 Å². The quantitative estimate of drug-likeness (QED) is 0.725. The van der Waals surface area contributed by atoms with Crippen molar-refractivity contribution in [2.75, 3.05) is 0 Å². The number of carboxylic acids is 1. The van der Waals surface area contributed by atoms with E-state index >= 15 is 0 Å². The molecule has 0 aliphatic carbocycles. The normalized spacial score (nSPS) is 10.8. The largest absolute Gasteiger partial charge is 0.475 e. The Balaban J connectivity index is 2.09. The number of hydrogen-bond acceptors (Lipinski definition) is 5. The molecule has 0 fully saturated rings. The number of aromatic nitrogens is 2. The maximum atomic E-state index is 10.7. The number of hydrogen-bond donors (Lipinski definition) is 1. The molecule has 0 saturated heterocycles. The van der Waals surface area contributed by atoms with Crippen molar-refractivity contribution in [1.82, 2.24) is 10.3 Å². The summed E-state index contributed by atoms with van der Waals surface area (Å²) in [7, 11) is 0. The molecule has 0 radical (unpaired) electrons. The summed E-state index contributed by atoms with van der Waals surface area (Å²) in [6.45, 7) is 0. The summed E-state index contributed by atoms with van der Waals surface area (Å²) in [5.41, 5.74) is 1.87. The Morgan fingerprint density at radius 1 is 1.24 bits per heavy atom. The van der Waals surface area contributed by atoms with Gasteiger partial charge in [-0.2, -0.15) is 0 Å². The molecular formula is C11H6N2O4. The van der Waals surface area contributed by atoms with Gasteiger partial charge in [-0.15, -0.1) is 0 Å². The third-order valence-electron chi connectivity index (χ3n) is 2.37. The number of rotatable bonds is 2. The molecule has 0 saturated carbocycles. The number of carbonyl (C=O) groups is 1. The third-order valence-corrected chi connectivity index (χ3v) is 2.37. The van der Waals surface area contributed by atoms with Gasteiger partial charge in [0.25, 0.3) is 0 Å². The molecule has 2 aromatic heterocycles. The molecule has 2 heterocycles. The van der Waals surface area contributed by atoms with Crippen LogP contribution in [0.3, 0.4) is 0 Å². The summed E-state index contributed by atoms with van der Waals surface area (Å²) in [6, 6.07) is 6.68. The molecule has 0 atom stereocenters. The van der Waals surface area contributed by atoms with Gasteiger partial charge in [-0.25, -0.2) is 4.79 Å². The number of nitrogens with zero attached hydrogens (tertiary/aromatic N) is 2. The molecule has 0 bridgehead atoms. The molecule has 0 spiro atoms. The van der Waals surface area contributed by atoms with Gasteiger partial charge in [-0.3, -0.25) is 0 Å². The first kappa shape index (κ1) is 9.59. The van der Waals surface area contributed by atoms with Crippen LogP contribution < -0.4 is 0 Å². The molecule has 0 aliphatic rings. The van der Waals surface area contributed by atoms with Crippen molar-refractivity contribution >= 4 is 16.9 Å². The molecule has 0 unspecified atom stereocenters. The van der Waals surface area contributed by atoms with Crippen LogP contribution in [0, 0.1) is 0 Å². The second kappa shape index (κ2) is 3.44. The Kier molecular flexibility index (Phi) is 1.94. The first-order valence-corrected chi connectivity index (χ1v) is 4.79. The second-order valence-corrected chi connectivity index (χ2v) is 3.46. The van der Waals surface area contributed by atoms with Gasteiger partial charge in [0, 0.05) is 17.0 Å². The van der Waals surface area contributed by atoms with Crippen LogP contribution >= 0.6 is 0 Å². The number of fused-ring (bicyclic) bond motifs is 1. The number of benzene rings is 1. The summed E-state index contributed by atoms with van der Waals surface area (Å²) in [6.07, 6.45) is 1.58. The van der Waals surface area contributed by atoms with Gasteiger partial charge >= 0.3 is 5.97 Å². The Labute approximate surface area is 94.4 Å². The lowest BCUT2D eigenvalue weighted by molar-refractivity contribution is 0.0652. The lowest BCUT2D eigenvalue weighted by Gasteiger charge is -1.93. The molecular weight excluding hydrogens is 224 g/mol. The van der Waals surface area contributed by atoms with Crippen LogP contribution in [0.4, 0.5) is 0 Å². The second-order valence-electron chi connectivity index (χ2n) is 3.46. The first-order chi connectivity index (χ1) is 8.24. The Morgan fingerprint density at radius 2 is 2.12 bits per heavy atom. The van der Waals surface area contributed by atoms with Crippen LogP contribution in [-0.2, 0) is 0 Å². The van der Waals surface area contributed by atoms with E-state index in [1.807, 2.05) is 0 Å². The highest BCUT2D eigenvalue weighted by molar-refractivity contribution is 5.87. The van der Waals surface area contributed by atoms with Crippen LogP contribution in [0.25, 0.3) is 22.2 Å². The van der Waals surface area contributed by atoms with Crippen LogP contribution in [0.1, 0.15) is 10.6 Å². The predicted molar refractivity (Wildman–Crippen MR) is 56.5 cm³/mol. The minimum Gasteiger partial charge on any atom is -0.475 e. The van der Waals surface area contributed by atoms with E-state index in [0.717, 1.165) is 10.9 Å². The molecule has 0 aliphatic heterocycles. The third kappa shape index (κ3) is 1.55. The fraction of sp³-hybridized carbons (Fsp3) is 0. The minimum absolute atomic E-state index is 0.189. The van der Waals surface area contributed by atoms with E-state index in [-0.39, 0.29) is 5.76 Å². The van der Waals surface area contributed by atoms with Crippen molar-refractivity contribution in [1.29, 1.82) is 0 Å². The van der Waals surface area contributed by atoms with Crippen molar-refractivity contribution in [3.63, 3.8) is 0 Å². The van der Waals surface area contributed by atoms with E-state index < -0.39 is 5.97 Å². The molecule has 17 heavy (non-hydrogen) atoms. The monoisotopic (exact) mass is 230 g/mol. The SMILES string of the molecule is O=C(O)c1cc(-c2ccc3oncc3c2)no1. The zero-order valence-corrected chi connectivity index (χ0v) is 8.45. The summed E-state index contributed by atoms with van der Waals surface area (Å²) in [5.74, 6) is -1.33. The van der Waals surface area contributed by atoms with Crippen LogP contribution in [0.5, 0.6) is 0 Å². The van der Waals surface area contributed by atoms with E-state index in [2.05, 4.69) is 14.8 Å². The highest BCUT2D eigenvalue weighted by Crippen LogP contribution is 2.23. The van der Waals surface area contributed by atoms with Crippen molar-refractivity contribution in [2.45, 2.75) is 0 Å². The van der Waals surface area contributed by atoms with Gasteiger partial charge in [0.2, 0.25) is 5.76 Å². The summed E-state index contributed by atoms with van der Waals surface area (Å²) < 4.78 is 9.65. The Bertz CT molecular complexity index is 698. The van der Waals surface area contributed by atoms with Crippen molar-refractivity contribution in [3.8, 4) is 11.3 Å². The molecule has 6 nitrogen and oxygen atoms in total. The summed E-state index contributed by atoms with van der Waals surface area (Å²) in [4.78, 5) is 10.7. The Morgan fingerprint density at radius 3 is 2.88 bits per heavy atom. The van der Waals surface area contributed by atoms with E-state index in [4.69, 9.17) is 9.63 Å². The fourth-order valence-corrected chi connectivity index (χ4v) is 1.54. The van der Waals surface area contributed by atoms with Gasteiger partial charge < -0.3 is 14.2 Å². The highest BCUT2D eigenvalue weighted by atomic mass is 16.5. The molecule has 0 amide bonds. The molecule has 3 rings (SSSR count). The number of aromatic carboxylic acids is 1. The average molecular weight is 230 g/mol. The predicted octanol–water partition coefficient (Wildman–Crippen LogP) is 2.18. The van der Waals surface area contributed by atoms with Gasteiger partial charge in [0.1, 0.15) is 5.69 Å². The van der Waals surface area contributed by atoms with Crippen molar-refractivity contribution in [2.24, 2.45) is 0 Å². The van der Waals surface area contributed by atoms with E-state index in [1.165, 1.54) is 6.07 Å². The zero-order valence-electron chi connectivity index (χ0n) is 8.45.